The molecule has 5 heteroatoms. The highest BCUT2D eigenvalue weighted by atomic mass is 19.1. The predicted octanol–water partition coefficient (Wildman–Crippen LogP) is 3.15. The van der Waals surface area contributed by atoms with Gasteiger partial charge in [0.05, 0.1) is 5.56 Å². The minimum Gasteiger partial charge on any atom is -0.478 e. The fourth-order valence-electron chi connectivity index (χ4n) is 1.91. The lowest BCUT2D eigenvalue weighted by Crippen LogP contribution is -2.06. The molecule has 0 saturated carbocycles. The van der Waals surface area contributed by atoms with Crippen molar-refractivity contribution in [2.45, 2.75) is 6.92 Å². The first kappa shape index (κ1) is 13.7. The Morgan fingerprint density at radius 2 is 1.90 bits per heavy atom. The van der Waals surface area contributed by atoms with Crippen LogP contribution in [0.1, 0.15) is 17.3 Å². The summed E-state index contributed by atoms with van der Waals surface area (Å²) in [6.07, 6.45) is 0. The third kappa shape index (κ3) is 3.00. The molecule has 102 valence electrons. The van der Waals surface area contributed by atoms with E-state index in [1.54, 1.807) is 24.3 Å². The van der Waals surface area contributed by atoms with Crippen molar-refractivity contribution in [3.63, 3.8) is 0 Å². The van der Waals surface area contributed by atoms with Crippen LogP contribution in [0.3, 0.4) is 0 Å². The highest BCUT2D eigenvalue weighted by Crippen LogP contribution is 2.27. The van der Waals surface area contributed by atoms with E-state index in [-0.39, 0.29) is 17.0 Å². The molecule has 0 atom stereocenters. The van der Waals surface area contributed by atoms with Crippen molar-refractivity contribution in [2.24, 2.45) is 0 Å². The molecule has 0 fully saturated rings. The van der Waals surface area contributed by atoms with Crippen LogP contribution in [0.2, 0.25) is 0 Å². The van der Waals surface area contributed by atoms with Gasteiger partial charge in [0.15, 0.2) is 0 Å². The maximum absolute atomic E-state index is 13.3. The number of anilines is 1. The summed E-state index contributed by atoms with van der Waals surface area (Å²) in [6.45, 7) is 1.37. The van der Waals surface area contributed by atoms with E-state index in [9.17, 15) is 14.0 Å². The van der Waals surface area contributed by atoms with Crippen molar-refractivity contribution in [1.82, 2.24) is 0 Å². The van der Waals surface area contributed by atoms with Crippen LogP contribution in [-0.4, -0.2) is 17.0 Å². The number of hydrogen-bond acceptors (Lipinski definition) is 2. The predicted molar refractivity (Wildman–Crippen MR) is 73.1 cm³/mol. The highest BCUT2D eigenvalue weighted by molar-refractivity contribution is 5.97. The topological polar surface area (TPSA) is 66.4 Å². The molecule has 0 unspecified atom stereocenters. The van der Waals surface area contributed by atoms with Crippen molar-refractivity contribution in [3.8, 4) is 11.1 Å². The maximum Gasteiger partial charge on any atom is 0.336 e. The monoisotopic (exact) mass is 273 g/mol. The van der Waals surface area contributed by atoms with Crippen LogP contribution in [0, 0.1) is 5.82 Å². The SMILES string of the molecule is CC(=O)Nc1cccc(-c2cc(F)ccc2C(=O)O)c1. The van der Waals surface area contributed by atoms with Gasteiger partial charge in [0.1, 0.15) is 5.82 Å². The fourth-order valence-corrected chi connectivity index (χ4v) is 1.91. The minimum absolute atomic E-state index is 0.00590. The van der Waals surface area contributed by atoms with Crippen LogP contribution in [0.25, 0.3) is 11.1 Å². The molecule has 0 aliphatic carbocycles. The van der Waals surface area contributed by atoms with Crippen LogP contribution in [0.4, 0.5) is 10.1 Å². The molecule has 0 heterocycles. The first-order valence-corrected chi connectivity index (χ1v) is 5.88. The molecule has 2 rings (SSSR count). The van der Waals surface area contributed by atoms with Crippen molar-refractivity contribution >= 4 is 17.6 Å². The van der Waals surface area contributed by atoms with Gasteiger partial charge in [0, 0.05) is 12.6 Å². The van der Waals surface area contributed by atoms with Crippen LogP contribution in [0.5, 0.6) is 0 Å². The average Bonchev–Trinajstić information content (AvgIpc) is 2.37. The van der Waals surface area contributed by atoms with E-state index in [1.165, 1.54) is 13.0 Å². The van der Waals surface area contributed by atoms with E-state index in [4.69, 9.17) is 5.11 Å². The molecular weight excluding hydrogens is 261 g/mol. The second-order valence-corrected chi connectivity index (χ2v) is 4.26. The zero-order valence-corrected chi connectivity index (χ0v) is 10.7. The van der Waals surface area contributed by atoms with E-state index in [1.807, 2.05) is 0 Å². The molecule has 0 aromatic heterocycles. The molecule has 0 bridgehead atoms. The standard InChI is InChI=1S/C15H12FNO3/c1-9(18)17-12-4-2-3-10(7-12)14-8-11(16)5-6-13(14)15(19)20/h2-8H,1H3,(H,17,18)(H,19,20). The first-order chi connectivity index (χ1) is 9.47. The summed E-state index contributed by atoms with van der Waals surface area (Å²) < 4.78 is 13.3. The highest BCUT2D eigenvalue weighted by Gasteiger charge is 2.13. The van der Waals surface area contributed by atoms with Gasteiger partial charge in [-0.3, -0.25) is 4.79 Å². The van der Waals surface area contributed by atoms with E-state index < -0.39 is 11.8 Å². The van der Waals surface area contributed by atoms with Gasteiger partial charge in [-0.2, -0.15) is 0 Å². The number of nitrogens with one attached hydrogen (secondary N) is 1. The average molecular weight is 273 g/mol. The van der Waals surface area contributed by atoms with E-state index in [0.29, 0.717) is 11.3 Å². The molecule has 2 N–H and O–H groups in total. The number of amides is 1. The number of hydrogen-bond donors (Lipinski definition) is 2. The molecule has 0 radical (unpaired) electrons. The number of carboxylic acid groups (broad SMARTS) is 1. The Morgan fingerprint density at radius 3 is 2.55 bits per heavy atom. The normalized spacial score (nSPS) is 10.1. The summed E-state index contributed by atoms with van der Waals surface area (Å²) in [5, 5.41) is 11.7. The lowest BCUT2D eigenvalue weighted by molar-refractivity contribution is -0.114. The Bertz CT molecular complexity index is 683. The van der Waals surface area contributed by atoms with Gasteiger partial charge in [0.2, 0.25) is 5.91 Å². The summed E-state index contributed by atoms with van der Waals surface area (Å²) in [6, 6.07) is 10.1. The number of rotatable bonds is 3. The van der Waals surface area contributed by atoms with Gasteiger partial charge in [-0.25, -0.2) is 9.18 Å². The largest absolute Gasteiger partial charge is 0.478 e. The van der Waals surface area contributed by atoms with Crippen LogP contribution in [0.15, 0.2) is 42.5 Å². The van der Waals surface area contributed by atoms with Crippen LogP contribution < -0.4 is 5.32 Å². The third-order valence-electron chi connectivity index (χ3n) is 2.71. The number of halogens is 1. The molecule has 0 aliphatic heterocycles. The Hall–Kier alpha value is -2.69. The van der Waals surface area contributed by atoms with Gasteiger partial charge in [-0.1, -0.05) is 12.1 Å². The molecule has 4 nitrogen and oxygen atoms in total. The van der Waals surface area contributed by atoms with Crippen molar-refractivity contribution in [2.75, 3.05) is 5.32 Å². The summed E-state index contributed by atoms with van der Waals surface area (Å²) >= 11 is 0. The number of carbonyl (C=O) groups excluding carboxylic acids is 1. The van der Waals surface area contributed by atoms with Crippen molar-refractivity contribution < 1.29 is 19.1 Å². The molecule has 2 aromatic rings. The zero-order valence-electron chi connectivity index (χ0n) is 10.7. The maximum atomic E-state index is 13.3. The quantitative estimate of drug-likeness (QED) is 0.902. The summed E-state index contributed by atoms with van der Waals surface area (Å²) in [5.41, 5.74) is 1.32. The molecule has 0 saturated heterocycles. The van der Waals surface area contributed by atoms with E-state index in [2.05, 4.69) is 5.32 Å². The van der Waals surface area contributed by atoms with Gasteiger partial charge < -0.3 is 10.4 Å². The Balaban J connectivity index is 2.53. The molecule has 1 amide bonds. The molecule has 20 heavy (non-hydrogen) atoms. The van der Waals surface area contributed by atoms with Gasteiger partial charge in [0.25, 0.3) is 0 Å². The second-order valence-electron chi connectivity index (χ2n) is 4.26. The fraction of sp³-hybridized carbons (Fsp3) is 0.0667. The van der Waals surface area contributed by atoms with Crippen LogP contribution in [-0.2, 0) is 4.79 Å². The Labute approximate surface area is 114 Å². The Kier molecular flexibility index (Phi) is 3.79. The molecule has 0 spiro atoms. The first-order valence-electron chi connectivity index (χ1n) is 5.88. The van der Waals surface area contributed by atoms with Gasteiger partial charge in [-0.05, 0) is 41.5 Å². The van der Waals surface area contributed by atoms with Gasteiger partial charge in [-0.15, -0.1) is 0 Å². The van der Waals surface area contributed by atoms with Gasteiger partial charge >= 0.3 is 5.97 Å². The number of carboxylic acids is 1. The number of benzene rings is 2. The summed E-state index contributed by atoms with van der Waals surface area (Å²) in [4.78, 5) is 22.2. The van der Waals surface area contributed by atoms with E-state index >= 15 is 0 Å². The lowest BCUT2D eigenvalue weighted by Gasteiger charge is -2.09. The van der Waals surface area contributed by atoms with Crippen molar-refractivity contribution in [1.29, 1.82) is 0 Å². The Morgan fingerprint density at radius 1 is 1.15 bits per heavy atom. The number of aromatic carboxylic acids is 1. The second kappa shape index (κ2) is 5.52. The number of carbonyl (C=O) groups is 2. The third-order valence-corrected chi connectivity index (χ3v) is 2.71. The summed E-state index contributed by atoms with van der Waals surface area (Å²) in [5.74, 6) is -1.89. The molecular formula is C15H12FNO3. The van der Waals surface area contributed by atoms with Crippen molar-refractivity contribution in [3.05, 3.63) is 53.8 Å². The summed E-state index contributed by atoms with van der Waals surface area (Å²) in [7, 11) is 0. The minimum atomic E-state index is -1.13. The smallest absolute Gasteiger partial charge is 0.336 e. The van der Waals surface area contributed by atoms with Crippen LogP contribution >= 0.6 is 0 Å². The zero-order chi connectivity index (χ0) is 14.7. The lowest BCUT2D eigenvalue weighted by atomic mass is 9.99. The molecule has 2 aromatic carbocycles. The molecule has 0 aliphatic rings. The van der Waals surface area contributed by atoms with E-state index in [0.717, 1.165) is 12.1 Å².